The lowest BCUT2D eigenvalue weighted by Crippen LogP contribution is -2.49. The van der Waals surface area contributed by atoms with Crippen molar-refractivity contribution in [3.05, 3.63) is 29.8 Å². The molecule has 0 aliphatic heterocycles. The van der Waals surface area contributed by atoms with Crippen LogP contribution in [0.2, 0.25) is 0 Å². The second-order valence-corrected chi connectivity index (χ2v) is 4.73. The summed E-state index contributed by atoms with van der Waals surface area (Å²) in [7, 11) is 3.09. The van der Waals surface area contributed by atoms with Crippen LogP contribution in [0.1, 0.15) is 5.56 Å². The number of carbonyl (C=O) groups excluding carboxylic acids is 1. The van der Waals surface area contributed by atoms with Crippen molar-refractivity contribution in [1.82, 2.24) is 16.2 Å². The molecule has 1 amide bonds. The molecule has 0 spiro atoms. The van der Waals surface area contributed by atoms with E-state index in [1.807, 2.05) is 0 Å². The van der Waals surface area contributed by atoms with E-state index in [0.717, 1.165) is 5.56 Å². The van der Waals surface area contributed by atoms with Crippen molar-refractivity contribution >= 4 is 46.6 Å². The lowest BCUT2D eigenvalue weighted by atomic mass is 10.2. The zero-order valence-corrected chi connectivity index (χ0v) is 13.6. The Bertz CT molecular complexity index is 605. The van der Waals surface area contributed by atoms with Gasteiger partial charge in [-0.1, -0.05) is 6.07 Å². The first kappa shape index (κ1) is 17.7. The van der Waals surface area contributed by atoms with Gasteiger partial charge in [-0.15, -0.1) is 0 Å². The summed E-state index contributed by atoms with van der Waals surface area (Å²) in [6, 6.07) is 5.28. The topological polar surface area (TPSA) is 97.6 Å². The van der Waals surface area contributed by atoms with Crippen LogP contribution in [0.15, 0.2) is 24.3 Å². The number of methoxy groups -OCH3 is 2. The number of carbonyl (C=O) groups is 1. The number of benzene rings is 1. The Morgan fingerprint density at radius 2 is 1.86 bits per heavy atom. The summed E-state index contributed by atoms with van der Waals surface area (Å²) in [5, 5.41) is 2.48. The van der Waals surface area contributed by atoms with Crippen LogP contribution in [0.4, 0.5) is 0 Å². The molecule has 118 valence electrons. The Hall–Kier alpha value is -2.39. The monoisotopic (exact) mass is 340 g/mol. The third-order valence-corrected chi connectivity index (χ3v) is 2.68. The molecule has 0 aliphatic carbocycles. The van der Waals surface area contributed by atoms with E-state index < -0.39 is 5.91 Å². The lowest BCUT2D eigenvalue weighted by molar-refractivity contribution is -0.115. The number of amides is 1. The lowest BCUT2D eigenvalue weighted by Gasteiger charge is -2.09. The Balaban J connectivity index is 2.62. The van der Waals surface area contributed by atoms with Gasteiger partial charge in [0.25, 0.3) is 0 Å². The van der Waals surface area contributed by atoms with E-state index >= 15 is 0 Å². The van der Waals surface area contributed by atoms with E-state index in [4.69, 9.17) is 27.4 Å². The second kappa shape index (κ2) is 8.80. The number of rotatable bonds is 4. The standard InChI is InChI=1S/C13H16N4O3S2/c1-19-9-5-3-8(7-10(9)20-2)4-6-11(18)15-13(22)17-16-12(14)21/h3-7H,1-2H3,(H3,14,16,21)(H2,15,17,18,22)/b6-4+. The maximum atomic E-state index is 11.7. The number of nitrogens with one attached hydrogen (secondary N) is 3. The number of thiocarbonyl (C=S) groups is 2. The minimum absolute atomic E-state index is 0.0115. The molecule has 22 heavy (non-hydrogen) atoms. The molecule has 0 heterocycles. The summed E-state index contributed by atoms with van der Waals surface area (Å²) >= 11 is 9.44. The zero-order chi connectivity index (χ0) is 16.5. The van der Waals surface area contributed by atoms with E-state index in [1.54, 1.807) is 31.4 Å². The summed E-state index contributed by atoms with van der Waals surface area (Å²) in [5.74, 6) is 0.776. The summed E-state index contributed by atoms with van der Waals surface area (Å²) in [4.78, 5) is 11.7. The Morgan fingerprint density at radius 3 is 2.45 bits per heavy atom. The van der Waals surface area contributed by atoms with Gasteiger partial charge in [0.15, 0.2) is 21.7 Å². The Labute approximate surface area is 138 Å². The molecule has 1 aromatic rings. The largest absolute Gasteiger partial charge is 0.493 e. The highest BCUT2D eigenvalue weighted by Gasteiger charge is 2.04. The zero-order valence-electron chi connectivity index (χ0n) is 12.0. The quantitative estimate of drug-likeness (QED) is 0.356. The molecular weight excluding hydrogens is 324 g/mol. The second-order valence-electron chi connectivity index (χ2n) is 3.88. The first-order chi connectivity index (χ1) is 10.5. The van der Waals surface area contributed by atoms with Gasteiger partial charge in [-0.05, 0) is 48.2 Å². The van der Waals surface area contributed by atoms with Crippen LogP contribution < -0.4 is 31.4 Å². The van der Waals surface area contributed by atoms with Gasteiger partial charge in [-0.3, -0.25) is 21.0 Å². The van der Waals surface area contributed by atoms with E-state index in [0.29, 0.717) is 11.5 Å². The van der Waals surface area contributed by atoms with Gasteiger partial charge in [0.2, 0.25) is 5.91 Å². The predicted octanol–water partition coefficient (Wildman–Crippen LogP) is 0.456. The van der Waals surface area contributed by atoms with Gasteiger partial charge in [-0.2, -0.15) is 0 Å². The van der Waals surface area contributed by atoms with Crippen LogP contribution in [-0.4, -0.2) is 30.4 Å². The van der Waals surface area contributed by atoms with E-state index in [1.165, 1.54) is 13.2 Å². The molecule has 5 N–H and O–H groups in total. The van der Waals surface area contributed by atoms with Crippen molar-refractivity contribution < 1.29 is 14.3 Å². The van der Waals surface area contributed by atoms with Gasteiger partial charge in [-0.25, -0.2) is 0 Å². The molecule has 0 saturated carbocycles. The Morgan fingerprint density at radius 1 is 1.18 bits per heavy atom. The molecular formula is C13H16N4O3S2. The van der Waals surface area contributed by atoms with Crippen LogP contribution in [0.3, 0.4) is 0 Å². The minimum Gasteiger partial charge on any atom is -0.493 e. The summed E-state index contributed by atoms with van der Waals surface area (Å²) in [6.45, 7) is 0. The van der Waals surface area contributed by atoms with Crippen molar-refractivity contribution in [2.24, 2.45) is 5.73 Å². The number of hydrogen-bond acceptors (Lipinski definition) is 5. The molecule has 9 heteroatoms. The molecule has 0 unspecified atom stereocenters. The van der Waals surface area contributed by atoms with Gasteiger partial charge >= 0.3 is 0 Å². The van der Waals surface area contributed by atoms with Crippen molar-refractivity contribution in [3.63, 3.8) is 0 Å². The van der Waals surface area contributed by atoms with Crippen molar-refractivity contribution in [1.29, 1.82) is 0 Å². The molecule has 0 aliphatic rings. The fraction of sp³-hybridized carbons (Fsp3) is 0.154. The summed E-state index contributed by atoms with van der Waals surface area (Å²) in [5.41, 5.74) is 10.8. The van der Waals surface area contributed by atoms with Crippen LogP contribution in [-0.2, 0) is 4.79 Å². The molecule has 0 aromatic heterocycles. The SMILES string of the molecule is COc1ccc(/C=C/C(=O)NC(=S)NNC(N)=S)cc1OC. The fourth-order valence-corrected chi connectivity index (χ4v) is 1.63. The van der Waals surface area contributed by atoms with Crippen molar-refractivity contribution in [2.45, 2.75) is 0 Å². The number of hydrogen-bond donors (Lipinski definition) is 4. The molecule has 0 radical (unpaired) electrons. The van der Waals surface area contributed by atoms with Crippen molar-refractivity contribution in [3.8, 4) is 11.5 Å². The minimum atomic E-state index is -0.406. The van der Waals surface area contributed by atoms with Gasteiger partial charge in [0.05, 0.1) is 14.2 Å². The third-order valence-electron chi connectivity index (χ3n) is 2.37. The van der Waals surface area contributed by atoms with Gasteiger partial charge < -0.3 is 15.2 Å². The number of nitrogens with two attached hydrogens (primary N) is 1. The molecule has 0 bridgehead atoms. The first-order valence-electron chi connectivity index (χ1n) is 6.02. The van der Waals surface area contributed by atoms with E-state index in [9.17, 15) is 4.79 Å². The first-order valence-corrected chi connectivity index (χ1v) is 6.84. The highest BCUT2D eigenvalue weighted by Crippen LogP contribution is 2.27. The third kappa shape index (κ3) is 5.94. The van der Waals surface area contributed by atoms with Crippen LogP contribution in [0.5, 0.6) is 11.5 Å². The van der Waals surface area contributed by atoms with Crippen LogP contribution in [0.25, 0.3) is 6.08 Å². The maximum Gasteiger partial charge on any atom is 0.250 e. The molecule has 1 rings (SSSR count). The smallest absolute Gasteiger partial charge is 0.250 e. The number of hydrazine groups is 1. The average Bonchev–Trinajstić information content (AvgIpc) is 2.50. The molecule has 1 aromatic carbocycles. The fourth-order valence-electron chi connectivity index (χ4n) is 1.43. The highest BCUT2D eigenvalue weighted by atomic mass is 32.1. The van der Waals surface area contributed by atoms with Gasteiger partial charge in [0.1, 0.15) is 0 Å². The van der Waals surface area contributed by atoms with Crippen LogP contribution in [0, 0.1) is 0 Å². The normalized spacial score (nSPS) is 9.91. The van der Waals surface area contributed by atoms with Crippen LogP contribution >= 0.6 is 24.4 Å². The predicted molar refractivity (Wildman–Crippen MR) is 92.4 cm³/mol. The summed E-state index contributed by atoms with van der Waals surface area (Å²) < 4.78 is 10.3. The Kier molecular flexibility index (Phi) is 7.06. The van der Waals surface area contributed by atoms with Gasteiger partial charge in [0, 0.05) is 6.08 Å². The highest BCUT2D eigenvalue weighted by molar-refractivity contribution is 7.80. The summed E-state index contributed by atoms with van der Waals surface area (Å²) in [6.07, 6.45) is 2.94. The maximum absolute atomic E-state index is 11.7. The van der Waals surface area contributed by atoms with E-state index in [2.05, 4.69) is 28.4 Å². The molecule has 0 saturated heterocycles. The average molecular weight is 340 g/mol. The molecule has 0 fully saturated rings. The molecule has 7 nitrogen and oxygen atoms in total. The molecule has 0 atom stereocenters. The van der Waals surface area contributed by atoms with Crippen molar-refractivity contribution in [2.75, 3.05) is 14.2 Å². The van der Waals surface area contributed by atoms with E-state index in [-0.39, 0.29) is 10.2 Å². The number of ether oxygens (including phenoxy) is 2.